The molecule has 2 aromatic rings. The Morgan fingerprint density at radius 1 is 1.12 bits per heavy atom. The SMILES string of the molecule is O=C(Nc1cccc(S(=O)(=O)N2CCCCC2)c1)c1ccc(Cl)s1. The molecule has 128 valence electrons. The molecule has 5 nitrogen and oxygen atoms in total. The standard InChI is InChI=1S/C16H17ClN2O3S2/c17-15-8-7-14(23-15)16(20)18-12-5-4-6-13(11-12)24(21,22)19-9-2-1-3-10-19/h4-8,11H,1-3,9-10H2,(H,18,20). The Morgan fingerprint density at radius 2 is 1.88 bits per heavy atom. The molecule has 1 saturated heterocycles. The summed E-state index contributed by atoms with van der Waals surface area (Å²) < 4.78 is 27.4. The summed E-state index contributed by atoms with van der Waals surface area (Å²) in [4.78, 5) is 12.8. The van der Waals surface area contributed by atoms with Gasteiger partial charge in [0, 0.05) is 18.8 Å². The summed E-state index contributed by atoms with van der Waals surface area (Å²) >= 11 is 7.01. The van der Waals surface area contributed by atoms with Gasteiger partial charge in [0.05, 0.1) is 14.1 Å². The summed E-state index contributed by atoms with van der Waals surface area (Å²) in [5.74, 6) is -0.306. The second-order valence-corrected chi connectivity index (χ2v) is 9.20. The van der Waals surface area contributed by atoms with Crippen LogP contribution in [0.4, 0.5) is 5.69 Å². The van der Waals surface area contributed by atoms with Crippen molar-refractivity contribution in [3.05, 3.63) is 45.6 Å². The normalized spacial score (nSPS) is 16.0. The molecular formula is C16H17ClN2O3S2. The van der Waals surface area contributed by atoms with Gasteiger partial charge in [0.15, 0.2) is 0 Å². The molecule has 0 aliphatic carbocycles. The number of nitrogens with one attached hydrogen (secondary N) is 1. The predicted molar refractivity (Wildman–Crippen MR) is 96.3 cm³/mol. The highest BCUT2D eigenvalue weighted by atomic mass is 35.5. The highest BCUT2D eigenvalue weighted by molar-refractivity contribution is 7.89. The smallest absolute Gasteiger partial charge is 0.265 e. The average molecular weight is 385 g/mol. The van der Waals surface area contributed by atoms with Crippen molar-refractivity contribution in [1.82, 2.24) is 4.31 Å². The molecule has 0 radical (unpaired) electrons. The number of hydrogen-bond acceptors (Lipinski definition) is 4. The van der Waals surface area contributed by atoms with Crippen molar-refractivity contribution in [3.63, 3.8) is 0 Å². The maximum absolute atomic E-state index is 12.7. The number of hydrogen-bond donors (Lipinski definition) is 1. The first kappa shape index (κ1) is 17.4. The van der Waals surface area contributed by atoms with Crippen molar-refractivity contribution < 1.29 is 13.2 Å². The molecule has 1 fully saturated rings. The molecule has 8 heteroatoms. The van der Waals surface area contributed by atoms with E-state index in [0.717, 1.165) is 19.3 Å². The number of sulfonamides is 1. The van der Waals surface area contributed by atoms with Gasteiger partial charge in [-0.05, 0) is 43.2 Å². The number of rotatable bonds is 4. The van der Waals surface area contributed by atoms with Crippen LogP contribution in [0.15, 0.2) is 41.3 Å². The molecule has 1 aliphatic rings. The van der Waals surface area contributed by atoms with Crippen LogP contribution in [-0.2, 0) is 10.0 Å². The molecule has 3 rings (SSSR count). The Morgan fingerprint density at radius 3 is 2.54 bits per heavy atom. The number of benzene rings is 1. The van der Waals surface area contributed by atoms with Gasteiger partial charge in [-0.15, -0.1) is 11.3 Å². The molecule has 0 saturated carbocycles. The molecule has 0 spiro atoms. The number of anilines is 1. The van der Waals surface area contributed by atoms with Gasteiger partial charge in [-0.2, -0.15) is 4.31 Å². The van der Waals surface area contributed by atoms with Gasteiger partial charge in [0.2, 0.25) is 10.0 Å². The zero-order chi connectivity index (χ0) is 17.2. The van der Waals surface area contributed by atoms with Crippen LogP contribution in [0, 0.1) is 0 Å². The zero-order valence-electron chi connectivity index (χ0n) is 12.9. The Kier molecular flexibility index (Phi) is 5.24. The fourth-order valence-corrected chi connectivity index (χ4v) is 5.12. The maximum atomic E-state index is 12.7. The largest absolute Gasteiger partial charge is 0.321 e. The monoisotopic (exact) mass is 384 g/mol. The Labute approximate surface area is 150 Å². The van der Waals surface area contributed by atoms with E-state index < -0.39 is 10.0 Å². The fraction of sp³-hybridized carbons (Fsp3) is 0.312. The third-order valence-corrected chi connectivity index (χ3v) is 6.97. The van der Waals surface area contributed by atoms with E-state index in [9.17, 15) is 13.2 Å². The van der Waals surface area contributed by atoms with Gasteiger partial charge in [0.1, 0.15) is 0 Å². The predicted octanol–water partition coefficient (Wildman–Crippen LogP) is 3.83. The topological polar surface area (TPSA) is 66.5 Å². The number of halogens is 1. The third-order valence-electron chi connectivity index (χ3n) is 3.84. The van der Waals surface area contributed by atoms with Gasteiger partial charge in [0.25, 0.3) is 5.91 Å². The van der Waals surface area contributed by atoms with Crippen molar-refractivity contribution in [3.8, 4) is 0 Å². The van der Waals surface area contributed by atoms with E-state index >= 15 is 0 Å². The highest BCUT2D eigenvalue weighted by Crippen LogP contribution is 2.25. The van der Waals surface area contributed by atoms with Gasteiger partial charge in [-0.1, -0.05) is 24.1 Å². The number of nitrogens with zero attached hydrogens (tertiary/aromatic N) is 1. The zero-order valence-corrected chi connectivity index (χ0v) is 15.3. The van der Waals surface area contributed by atoms with Crippen LogP contribution < -0.4 is 5.32 Å². The minimum absolute atomic E-state index is 0.200. The number of piperidine rings is 1. The second-order valence-electron chi connectivity index (χ2n) is 5.55. The molecule has 1 amide bonds. The molecule has 1 aromatic carbocycles. The molecule has 1 aliphatic heterocycles. The van der Waals surface area contributed by atoms with Crippen LogP contribution in [0.25, 0.3) is 0 Å². The number of carbonyl (C=O) groups excluding carboxylic acids is 1. The van der Waals surface area contributed by atoms with Crippen molar-refractivity contribution >= 4 is 44.6 Å². The number of thiophene rings is 1. The summed E-state index contributed by atoms with van der Waals surface area (Å²) in [5, 5.41) is 2.72. The average Bonchev–Trinajstić information content (AvgIpc) is 3.02. The maximum Gasteiger partial charge on any atom is 0.265 e. The van der Waals surface area contributed by atoms with Crippen molar-refractivity contribution in [2.75, 3.05) is 18.4 Å². The Bertz CT molecular complexity index is 843. The van der Waals surface area contributed by atoms with Crippen molar-refractivity contribution in [1.29, 1.82) is 0 Å². The van der Waals surface area contributed by atoms with E-state index in [-0.39, 0.29) is 10.8 Å². The van der Waals surface area contributed by atoms with Crippen molar-refractivity contribution in [2.45, 2.75) is 24.2 Å². The first-order valence-electron chi connectivity index (χ1n) is 7.64. The second kappa shape index (κ2) is 7.23. The first-order valence-corrected chi connectivity index (χ1v) is 10.3. The van der Waals surface area contributed by atoms with Crippen LogP contribution in [0.5, 0.6) is 0 Å². The number of carbonyl (C=O) groups is 1. The highest BCUT2D eigenvalue weighted by Gasteiger charge is 2.26. The van der Waals surface area contributed by atoms with E-state index in [4.69, 9.17) is 11.6 Å². The lowest BCUT2D eigenvalue weighted by Gasteiger charge is -2.26. The Balaban J connectivity index is 1.80. The first-order chi connectivity index (χ1) is 11.5. The molecule has 0 unspecified atom stereocenters. The lowest BCUT2D eigenvalue weighted by Crippen LogP contribution is -2.35. The molecule has 0 bridgehead atoms. The summed E-state index contributed by atoms with van der Waals surface area (Å²) in [6.07, 6.45) is 2.83. The van der Waals surface area contributed by atoms with E-state index in [1.54, 1.807) is 30.3 Å². The van der Waals surface area contributed by atoms with E-state index in [2.05, 4.69) is 5.32 Å². The minimum Gasteiger partial charge on any atom is -0.321 e. The minimum atomic E-state index is -3.52. The van der Waals surface area contributed by atoms with Crippen molar-refractivity contribution in [2.24, 2.45) is 0 Å². The summed E-state index contributed by atoms with van der Waals surface area (Å²) in [7, 11) is -3.52. The van der Waals surface area contributed by atoms with Crippen LogP contribution in [0.2, 0.25) is 4.34 Å². The van der Waals surface area contributed by atoms with Gasteiger partial charge in [-0.25, -0.2) is 8.42 Å². The lowest BCUT2D eigenvalue weighted by atomic mass is 10.2. The summed E-state index contributed by atoms with van der Waals surface area (Å²) in [6.45, 7) is 1.10. The third kappa shape index (κ3) is 3.80. The van der Waals surface area contributed by atoms with Gasteiger partial charge >= 0.3 is 0 Å². The quantitative estimate of drug-likeness (QED) is 0.871. The molecule has 1 aromatic heterocycles. The molecular weight excluding hydrogens is 368 g/mol. The summed E-state index contributed by atoms with van der Waals surface area (Å²) in [5.41, 5.74) is 0.447. The van der Waals surface area contributed by atoms with Gasteiger partial charge in [-0.3, -0.25) is 4.79 Å². The summed E-state index contributed by atoms with van der Waals surface area (Å²) in [6, 6.07) is 9.64. The number of amides is 1. The van der Waals surface area contributed by atoms with Crippen LogP contribution in [0.3, 0.4) is 0 Å². The van der Waals surface area contributed by atoms with Crippen LogP contribution in [-0.4, -0.2) is 31.7 Å². The van der Waals surface area contributed by atoms with E-state index in [1.807, 2.05) is 0 Å². The molecule has 1 N–H and O–H groups in total. The van der Waals surface area contributed by atoms with Gasteiger partial charge < -0.3 is 5.32 Å². The fourth-order valence-electron chi connectivity index (χ4n) is 2.62. The van der Waals surface area contributed by atoms with E-state index in [0.29, 0.717) is 28.0 Å². The molecule has 0 atom stereocenters. The van der Waals surface area contributed by atoms with Crippen LogP contribution in [0.1, 0.15) is 28.9 Å². The molecule has 24 heavy (non-hydrogen) atoms. The molecule has 2 heterocycles. The van der Waals surface area contributed by atoms with E-state index in [1.165, 1.54) is 21.7 Å². The lowest BCUT2D eigenvalue weighted by molar-refractivity contribution is 0.103. The van der Waals surface area contributed by atoms with Crippen LogP contribution >= 0.6 is 22.9 Å². The Hall–Kier alpha value is -1.41.